The number of nitrogens with zero attached hydrogens (tertiary/aromatic N) is 3. The Morgan fingerprint density at radius 2 is 2.07 bits per heavy atom. The summed E-state index contributed by atoms with van der Waals surface area (Å²) < 4.78 is 3.24. The molecule has 0 bridgehead atoms. The molecule has 0 aromatic carbocycles. The molecule has 4 heteroatoms. The molecule has 2 heterocycles. The molecule has 0 atom stereocenters. The van der Waals surface area contributed by atoms with Crippen molar-refractivity contribution in [3.8, 4) is 0 Å². The molecule has 74 valence electrons. The van der Waals surface area contributed by atoms with Crippen LogP contribution in [0.3, 0.4) is 0 Å². The van der Waals surface area contributed by atoms with Gasteiger partial charge in [0.15, 0.2) is 5.65 Å². The second-order valence-electron chi connectivity index (χ2n) is 4.30. The highest BCUT2D eigenvalue weighted by Gasteiger charge is 2.17. The van der Waals surface area contributed by atoms with E-state index in [1.807, 2.05) is 20.8 Å². The first-order valence-corrected chi connectivity index (χ1v) is 4.55. The predicted octanol–water partition coefficient (Wildman–Crippen LogP) is 1.25. The van der Waals surface area contributed by atoms with Crippen LogP contribution in [0.15, 0.2) is 29.5 Å². The van der Waals surface area contributed by atoms with Crippen molar-refractivity contribution in [2.75, 3.05) is 0 Å². The normalized spacial score (nSPS) is 12.2. The van der Waals surface area contributed by atoms with Crippen molar-refractivity contribution in [1.29, 1.82) is 0 Å². The Morgan fingerprint density at radius 3 is 2.64 bits per heavy atom. The Balaban J connectivity index is 2.82. The van der Waals surface area contributed by atoms with E-state index in [1.54, 1.807) is 33.6 Å². The maximum atomic E-state index is 11.9. The number of hydrogen-bond donors (Lipinski definition) is 0. The lowest BCUT2D eigenvalue weighted by atomic mass is 10.1. The zero-order chi connectivity index (χ0) is 10.3. The van der Waals surface area contributed by atoms with E-state index in [-0.39, 0.29) is 11.2 Å². The standard InChI is InChI=1S/C10H13N3O/c1-10(2,3)13-7-8-11-5-4-6-12(8)9(13)14/h4-7H,1-3H3. The maximum Gasteiger partial charge on any atom is 0.334 e. The van der Waals surface area contributed by atoms with Crippen molar-refractivity contribution >= 4 is 5.65 Å². The van der Waals surface area contributed by atoms with Gasteiger partial charge in [-0.25, -0.2) is 9.78 Å². The summed E-state index contributed by atoms with van der Waals surface area (Å²) in [4.78, 5) is 16.0. The molecule has 0 radical (unpaired) electrons. The van der Waals surface area contributed by atoms with Gasteiger partial charge in [-0.15, -0.1) is 0 Å². The van der Waals surface area contributed by atoms with Gasteiger partial charge >= 0.3 is 5.69 Å². The van der Waals surface area contributed by atoms with E-state index in [0.29, 0.717) is 5.65 Å². The van der Waals surface area contributed by atoms with E-state index in [0.717, 1.165) is 0 Å². The van der Waals surface area contributed by atoms with Gasteiger partial charge in [0.2, 0.25) is 0 Å². The van der Waals surface area contributed by atoms with Gasteiger partial charge in [0, 0.05) is 17.9 Å². The average molecular weight is 191 g/mol. The highest BCUT2D eigenvalue weighted by molar-refractivity contribution is 5.34. The summed E-state index contributed by atoms with van der Waals surface area (Å²) in [6.45, 7) is 5.98. The number of imidazole rings is 1. The van der Waals surface area contributed by atoms with E-state index in [4.69, 9.17) is 0 Å². The molecular formula is C10H13N3O. The molecule has 0 amide bonds. The van der Waals surface area contributed by atoms with Crippen LogP contribution >= 0.6 is 0 Å². The monoisotopic (exact) mass is 191 g/mol. The van der Waals surface area contributed by atoms with Crippen molar-refractivity contribution in [3.05, 3.63) is 35.1 Å². The van der Waals surface area contributed by atoms with Crippen molar-refractivity contribution in [2.45, 2.75) is 26.3 Å². The Kier molecular flexibility index (Phi) is 1.74. The predicted molar refractivity (Wildman–Crippen MR) is 54.4 cm³/mol. The molecule has 0 aliphatic heterocycles. The molecule has 0 spiro atoms. The van der Waals surface area contributed by atoms with Crippen LogP contribution in [0.2, 0.25) is 0 Å². The van der Waals surface area contributed by atoms with Crippen molar-refractivity contribution in [2.24, 2.45) is 0 Å². The molecule has 0 saturated carbocycles. The van der Waals surface area contributed by atoms with Gasteiger partial charge in [-0.1, -0.05) is 0 Å². The van der Waals surface area contributed by atoms with Gasteiger partial charge in [-0.05, 0) is 26.8 Å². The topological polar surface area (TPSA) is 39.3 Å². The first-order valence-electron chi connectivity index (χ1n) is 4.55. The van der Waals surface area contributed by atoms with Crippen molar-refractivity contribution in [1.82, 2.24) is 14.0 Å². The third-order valence-corrected chi connectivity index (χ3v) is 2.15. The Hall–Kier alpha value is -1.58. The minimum Gasteiger partial charge on any atom is -0.291 e. The highest BCUT2D eigenvalue weighted by Crippen LogP contribution is 2.11. The van der Waals surface area contributed by atoms with E-state index in [1.165, 1.54) is 0 Å². The Bertz CT molecular complexity index is 516. The fraction of sp³-hybridized carbons (Fsp3) is 0.400. The van der Waals surface area contributed by atoms with Crippen LogP contribution < -0.4 is 5.69 Å². The Morgan fingerprint density at radius 1 is 1.36 bits per heavy atom. The molecule has 0 N–H and O–H groups in total. The lowest BCUT2D eigenvalue weighted by molar-refractivity contribution is 0.384. The first-order chi connectivity index (χ1) is 6.50. The number of rotatable bonds is 0. The lowest BCUT2D eigenvalue weighted by Gasteiger charge is -2.18. The maximum absolute atomic E-state index is 11.9. The smallest absolute Gasteiger partial charge is 0.291 e. The van der Waals surface area contributed by atoms with Gasteiger partial charge in [-0.2, -0.15) is 0 Å². The van der Waals surface area contributed by atoms with E-state index < -0.39 is 0 Å². The molecule has 2 aromatic rings. The Labute approximate surface area is 81.8 Å². The van der Waals surface area contributed by atoms with E-state index >= 15 is 0 Å². The molecule has 4 nitrogen and oxygen atoms in total. The average Bonchev–Trinajstić information content (AvgIpc) is 2.44. The number of fused-ring (bicyclic) bond motifs is 1. The van der Waals surface area contributed by atoms with Crippen LogP contribution in [-0.4, -0.2) is 14.0 Å². The minimum atomic E-state index is -0.204. The van der Waals surface area contributed by atoms with Crippen LogP contribution in [-0.2, 0) is 5.54 Å². The highest BCUT2D eigenvalue weighted by atomic mass is 16.1. The van der Waals surface area contributed by atoms with Crippen molar-refractivity contribution < 1.29 is 0 Å². The number of aromatic nitrogens is 3. The molecule has 2 aromatic heterocycles. The summed E-state index contributed by atoms with van der Waals surface area (Å²) in [6, 6.07) is 1.75. The van der Waals surface area contributed by atoms with E-state index in [2.05, 4.69) is 4.98 Å². The molecule has 0 aliphatic rings. The van der Waals surface area contributed by atoms with Gasteiger partial charge in [0.1, 0.15) is 0 Å². The van der Waals surface area contributed by atoms with Crippen LogP contribution in [0.4, 0.5) is 0 Å². The van der Waals surface area contributed by atoms with Gasteiger partial charge < -0.3 is 0 Å². The summed E-state index contributed by atoms with van der Waals surface area (Å²) >= 11 is 0. The number of hydrogen-bond acceptors (Lipinski definition) is 2. The lowest BCUT2D eigenvalue weighted by Crippen LogP contribution is -2.32. The summed E-state index contributed by atoms with van der Waals surface area (Å²) in [7, 11) is 0. The quantitative estimate of drug-likeness (QED) is 0.628. The molecule has 2 rings (SSSR count). The second kappa shape index (κ2) is 2.70. The third kappa shape index (κ3) is 1.23. The zero-order valence-electron chi connectivity index (χ0n) is 8.56. The van der Waals surface area contributed by atoms with E-state index in [9.17, 15) is 4.79 Å². The summed E-state index contributed by atoms with van der Waals surface area (Å²) in [6.07, 6.45) is 5.19. The van der Waals surface area contributed by atoms with Crippen LogP contribution in [0.5, 0.6) is 0 Å². The summed E-state index contributed by atoms with van der Waals surface area (Å²) in [5.74, 6) is 0. The SMILES string of the molecule is CC(C)(C)n1cc2ncccn2c1=O. The van der Waals surface area contributed by atoms with Gasteiger partial charge in [0.05, 0.1) is 6.20 Å². The third-order valence-electron chi connectivity index (χ3n) is 2.15. The zero-order valence-corrected chi connectivity index (χ0v) is 8.56. The van der Waals surface area contributed by atoms with Gasteiger partial charge in [-0.3, -0.25) is 8.97 Å². The molecule has 0 fully saturated rings. The van der Waals surface area contributed by atoms with Crippen LogP contribution in [0, 0.1) is 0 Å². The summed E-state index contributed by atoms with van der Waals surface area (Å²) in [5, 5.41) is 0. The largest absolute Gasteiger partial charge is 0.334 e. The van der Waals surface area contributed by atoms with Crippen LogP contribution in [0.1, 0.15) is 20.8 Å². The molecular weight excluding hydrogens is 178 g/mol. The summed E-state index contributed by atoms with van der Waals surface area (Å²) in [5.41, 5.74) is 0.443. The fourth-order valence-corrected chi connectivity index (χ4v) is 1.41. The molecule has 0 unspecified atom stereocenters. The molecule has 14 heavy (non-hydrogen) atoms. The second-order valence-corrected chi connectivity index (χ2v) is 4.30. The minimum absolute atomic E-state index is 0.0411. The first kappa shape index (κ1) is 8.99. The van der Waals surface area contributed by atoms with Gasteiger partial charge in [0.25, 0.3) is 0 Å². The van der Waals surface area contributed by atoms with Crippen molar-refractivity contribution in [3.63, 3.8) is 0 Å². The fourth-order valence-electron chi connectivity index (χ4n) is 1.41. The molecule has 0 aliphatic carbocycles. The molecule has 0 saturated heterocycles. The van der Waals surface area contributed by atoms with Crippen LogP contribution in [0.25, 0.3) is 5.65 Å².